The summed E-state index contributed by atoms with van der Waals surface area (Å²) in [5.74, 6) is -0.144. The summed E-state index contributed by atoms with van der Waals surface area (Å²) in [7, 11) is 1.31. The third-order valence-corrected chi connectivity index (χ3v) is 3.61. The molecule has 0 aliphatic heterocycles. The fourth-order valence-corrected chi connectivity index (χ4v) is 2.25. The Kier molecular flexibility index (Phi) is 5.95. The van der Waals surface area contributed by atoms with E-state index < -0.39 is 12.1 Å². The Morgan fingerprint density at radius 1 is 1.08 bits per heavy atom. The Morgan fingerprint density at radius 2 is 1.75 bits per heavy atom. The van der Waals surface area contributed by atoms with E-state index >= 15 is 0 Å². The van der Waals surface area contributed by atoms with Gasteiger partial charge in [-0.25, -0.2) is 4.79 Å². The lowest BCUT2D eigenvalue weighted by molar-refractivity contribution is -0.147. The standard InChI is InChI=1S/C19H21NO4/c1-4-14-7-5-6-8-17(14)20-18(21)15-9-11-16(12-10-15)24-13(2)19(22)23-3/h5-13H,4H2,1-3H3,(H,20,21)/t13-/m1/s1. The van der Waals surface area contributed by atoms with Crippen molar-refractivity contribution in [2.45, 2.75) is 26.4 Å². The zero-order chi connectivity index (χ0) is 17.5. The molecule has 1 atom stereocenters. The molecule has 0 unspecified atom stereocenters. The lowest BCUT2D eigenvalue weighted by atomic mass is 10.1. The van der Waals surface area contributed by atoms with Crippen molar-refractivity contribution in [2.24, 2.45) is 0 Å². The van der Waals surface area contributed by atoms with E-state index in [2.05, 4.69) is 10.1 Å². The molecule has 0 heterocycles. The van der Waals surface area contributed by atoms with Crippen LogP contribution in [0.2, 0.25) is 0 Å². The van der Waals surface area contributed by atoms with Gasteiger partial charge in [-0.15, -0.1) is 0 Å². The number of hydrogen-bond acceptors (Lipinski definition) is 4. The second-order valence-electron chi connectivity index (χ2n) is 5.27. The Bertz CT molecular complexity index is 710. The average Bonchev–Trinajstić information content (AvgIpc) is 2.61. The van der Waals surface area contributed by atoms with Crippen molar-refractivity contribution >= 4 is 17.6 Å². The van der Waals surface area contributed by atoms with Crippen molar-refractivity contribution < 1.29 is 19.1 Å². The molecule has 2 rings (SSSR count). The number of methoxy groups -OCH3 is 1. The van der Waals surface area contributed by atoms with Gasteiger partial charge < -0.3 is 14.8 Å². The number of para-hydroxylation sites is 1. The fraction of sp³-hybridized carbons (Fsp3) is 0.263. The number of nitrogens with one attached hydrogen (secondary N) is 1. The molecule has 0 spiro atoms. The summed E-state index contributed by atoms with van der Waals surface area (Å²) in [4.78, 5) is 23.7. The molecule has 126 valence electrons. The van der Waals surface area contributed by atoms with Gasteiger partial charge in [0, 0.05) is 11.3 Å². The van der Waals surface area contributed by atoms with Crippen molar-refractivity contribution in [3.63, 3.8) is 0 Å². The maximum atomic E-state index is 12.3. The highest BCUT2D eigenvalue weighted by molar-refractivity contribution is 6.04. The topological polar surface area (TPSA) is 64.6 Å². The number of esters is 1. The van der Waals surface area contributed by atoms with Crippen LogP contribution in [0, 0.1) is 0 Å². The molecule has 5 heteroatoms. The number of rotatable bonds is 6. The van der Waals surface area contributed by atoms with Crippen LogP contribution in [0.25, 0.3) is 0 Å². The molecule has 0 fully saturated rings. The summed E-state index contributed by atoms with van der Waals surface area (Å²) in [5, 5.41) is 2.91. The molecule has 0 saturated carbocycles. The molecule has 0 aliphatic rings. The number of carbonyl (C=O) groups excluding carboxylic acids is 2. The molecule has 0 bridgehead atoms. The average molecular weight is 327 g/mol. The van der Waals surface area contributed by atoms with Crippen molar-refractivity contribution in [1.29, 1.82) is 0 Å². The minimum atomic E-state index is -0.703. The molecule has 0 aliphatic carbocycles. The molecule has 24 heavy (non-hydrogen) atoms. The molecule has 0 saturated heterocycles. The highest BCUT2D eigenvalue weighted by Gasteiger charge is 2.15. The van der Waals surface area contributed by atoms with Crippen molar-refractivity contribution in [3.8, 4) is 5.75 Å². The highest BCUT2D eigenvalue weighted by Crippen LogP contribution is 2.18. The van der Waals surface area contributed by atoms with Gasteiger partial charge in [0.25, 0.3) is 5.91 Å². The van der Waals surface area contributed by atoms with Crippen LogP contribution < -0.4 is 10.1 Å². The van der Waals surface area contributed by atoms with E-state index in [0.29, 0.717) is 11.3 Å². The number of carbonyl (C=O) groups is 2. The zero-order valence-corrected chi connectivity index (χ0v) is 14.0. The Morgan fingerprint density at radius 3 is 2.38 bits per heavy atom. The summed E-state index contributed by atoms with van der Waals surface area (Å²) in [5.41, 5.74) is 2.40. The van der Waals surface area contributed by atoms with Crippen LogP contribution >= 0.6 is 0 Å². The second kappa shape index (κ2) is 8.15. The summed E-state index contributed by atoms with van der Waals surface area (Å²) in [6.45, 7) is 3.65. The van der Waals surface area contributed by atoms with E-state index in [-0.39, 0.29) is 5.91 Å². The predicted octanol–water partition coefficient (Wildman–Crippen LogP) is 3.44. The van der Waals surface area contributed by atoms with E-state index in [4.69, 9.17) is 4.74 Å². The van der Waals surface area contributed by atoms with Gasteiger partial charge in [0.05, 0.1) is 7.11 Å². The van der Waals surface area contributed by atoms with Gasteiger partial charge in [0.1, 0.15) is 5.75 Å². The van der Waals surface area contributed by atoms with Gasteiger partial charge in [-0.3, -0.25) is 4.79 Å². The number of amides is 1. The van der Waals surface area contributed by atoms with E-state index in [1.807, 2.05) is 31.2 Å². The smallest absolute Gasteiger partial charge is 0.346 e. The third kappa shape index (κ3) is 4.35. The number of aryl methyl sites for hydroxylation is 1. The summed E-state index contributed by atoms with van der Waals surface area (Å²) >= 11 is 0. The highest BCUT2D eigenvalue weighted by atomic mass is 16.6. The molecule has 2 aromatic carbocycles. The first-order valence-corrected chi connectivity index (χ1v) is 7.79. The first kappa shape index (κ1) is 17.5. The van der Waals surface area contributed by atoms with Crippen LogP contribution in [0.3, 0.4) is 0 Å². The van der Waals surface area contributed by atoms with E-state index in [1.165, 1.54) is 7.11 Å². The van der Waals surface area contributed by atoms with Crippen LogP contribution in [0.1, 0.15) is 29.8 Å². The number of hydrogen-bond donors (Lipinski definition) is 1. The van der Waals surface area contributed by atoms with Gasteiger partial charge in [-0.2, -0.15) is 0 Å². The summed E-state index contributed by atoms with van der Waals surface area (Å²) < 4.78 is 10.1. The molecular formula is C19H21NO4. The molecule has 1 N–H and O–H groups in total. The third-order valence-electron chi connectivity index (χ3n) is 3.61. The van der Waals surface area contributed by atoms with E-state index in [9.17, 15) is 9.59 Å². The van der Waals surface area contributed by atoms with Crippen LogP contribution in [0.4, 0.5) is 5.69 Å². The summed E-state index contributed by atoms with van der Waals surface area (Å²) in [6.07, 6.45) is 0.139. The number of ether oxygens (including phenoxy) is 2. The van der Waals surface area contributed by atoms with Gasteiger partial charge in [-0.1, -0.05) is 25.1 Å². The lowest BCUT2D eigenvalue weighted by Crippen LogP contribution is -2.24. The van der Waals surface area contributed by atoms with Gasteiger partial charge in [0.15, 0.2) is 6.10 Å². The predicted molar refractivity (Wildman–Crippen MR) is 92.3 cm³/mol. The normalized spacial score (nSPS) is 11.5. The Balaban J connectivity index is 2.05. The van der Waals surface area contributed by atoms with E-state index in [0.717, 1.165) is 17.7 Å². The van der Waals surface area contributed by atoms with Crippen LogP contribution in [-0.4, -0.2) is 25.1 Å². The number of benzene rings is 2. The monoisotopic (exact) mass is 327 g/mol. The fourth-order valence-electron chi connectivity index (χ4n) is 2.25. The first-order chi connectivity index (χ1) is 11.5. The minimum absolute atomic E-state index is 0.191. The molecule has 0 aromatic heterocycles. The SMILES string of the molecule is CCc1ccccc1NC(=O)c1ccc(O[C@H](C)C(=O)OC)cc1. The number of anilines is 1. The van der Waals surface area contributed by atoms with Crippen molar-refractivity contribution in [3.05, 3.63) is 59.7 Å². The molecule has 2 aromatic rings. The van der Waals surface area contributed by atoms with Gasteiger partial charge in [0.2, 0.25) is 0 Å². The van der Waals surface area contributed by atoms with Crippen molar-refractivity contribution in [2.75, 3.05) is 12.4 Å². The summed E-state index contributed by atoms with van der Waals surface area (Å²) in [6, 6.07) is 14.3. The van der Waals surface area contributed by atoms with Crippen LogP contribution in [-0.2, 0) is 16.0 Å². The van der Waals surface area contributed by atoms with Gasteiger partial charge in [-0.05, 0) is 49.2 Å². The van der Waals surface area contributed by atoms with Crippen LogP contribution in [0.5, 0.6) is 5.75 Å². The first-order valence-electron chi connectivity index (χ1n) is 7.79. The maximum absolute atomic E-state index is 12.3. The quantitative estimate of drug-likeness (QED) is 0.826. The van der Waals surface area contributed by atoms with Crippen LogP contribution in [0.15, 0.2) is 48.5 Å². The molecular weight excluding hydrogens is 306 g/mol. The van der Waals surface area contributed by atoms with Gasteiger partial charge >= 0.3 is 5.97 Å². The lowest BCUT2D eigenvalue weighted by Gasteiger charge is -2.13. The minimum Gasteiger partial charge on any atom is -0.479 e. The maximum Gasteiger partial charge on any atom is 0.346 e. The molecule has 1 amide bonds. The Hall–Kier alpha value is -2.82. The van der Waals surface area contributed by atoms with Crippen molar-refractivity contribution in [1.82, 2.24) is 0 Å². The zero-order valence-electron chi connectivity index (χ0n) is 14.0. The molecule has 0 radical (unpaired) electrons. The van der Waals surface area contributed by atoms with E-state index in [1.54, 1.807) is 31.2 Å². The Labute approximate surface area is 141 Å². The largest absolute Gasteiger partial charge is 0.479 e. The molecule has 5 nitrogen and oxygen atoms in total. The second-order valence-corrected chi connectivity index (χ2v) is 5.27.